The minimum atomic E-state index is 0.590. The van der Waals surface area contributed by atoms with Gasteiger partial charge >= 0.3 is 0 Å². The summed E-state index contributed by atoms with van der Waals surface area (Å²) in [4.78, 5) is 17.9. The minimum absolute atomic E-state index is 0.590. The van der Waals surface area contributed by atoms with Crippen LogP contribution in [0.15, 0.2) is 29.4 Å². The Bertz CT molecular complexity index is 631. The Morgan fingerprint density at radius 3 is 2.57 bits per heavy atom. The molecule has 122 valence electrons. The van der Waals surface area contributed by atoms with Gasteiger partial charge in [0.05, 0.1) is 5.69 Å². The van der Waals surface area contributed by atoms with Gasteiger partial charge in [-0.1, -0.05) is 0 Å². The van der Waals surface area contributed by atoms with Gasteiger partial charge in [-0.3, -0.25) is 4.90 Å². The molecule has 0 N–H and O–H groups in total. The molecule has 6 heteroatoms. The summed E-state index contributed by atoms with van der Waals surface area (Å²) in [7, 11) is 0. The molecule has 0 unspecified atom stereocenters. The van der Waals surface area contributed by atoms with Gasteiger partial charge in [-0.05, 0) is 38.7 Å². The molecule has 1 aliphatic carbocycles. The summed E-state index contributed by atoms with van der Waals surface area (Å²) in [5, 5.41) is 0. The molecule has 0 spiro atoms. The van der Waals surface area contributed by atoms with Crippen LogP contribution in [0, 0.1) is 6.92 Å². The summed E-state index contributed by atoms with van der Waals surface area (Å²) in [6.07, 6.45) is 9.99. The normalized spacial score (nSPS) is 19.9. The largest absolute Gasteiger partial charge is 0.448 e. The van der Waals surface area contributed by atoms with Crippen molar-refractivity contribution >= 4 is 5.82 Å². The van der Waals surface area contributed by atoms with Gasteiger partial charge in [0.15, 0.2) is 6.39 Å². The van der Waals surface area contributed by atoms with Crippen molar-refractivity contribution in [2.75, 3.05) is 18.0 Å². The van der Waals surface area contributed by atoms with Crippen LogP contribution in [0.3, 0.4) is 0 Å². The molecule has 1 saturated heterocycles. The van der Waals surface area contributed by atoms with Gasteiger partial charge in [0, 0.05) is 37.9 Å². The molecule has 1 saturated carbocycles. The third kappa shape index (κ3) is 3.22. The van der Waals surface area contributed by atoms with Gasteiger partial charge in [0.2, 0.25) is 0 Å². The molecule has 6 nitrogen and oxygen atoms in total. The Morgan fingerprint density at radius 2 is 1.96 bits per heavy atom. The molecule has 0 atom stereocenters. The number of hydrogen-bond donors (Lipinski definition) is 0. The summed E-state index contributed by atoms with van der Waals surface area (Å²) in [6.45, 7) is 5.08. The Morgan fingerprint density at radius 1 is 1.17 bits per heavy atom. The van der Waals surface area contributed by atoms with E-state index in [0.717, 1.165) is 36.9 Å². The molecule has 2 aromatic heterocycles. The average molecular weight is 313 g/mol. The van der Waals surface area contributed by atoms with Crippen molar-refractivity contribution in [2.24, 2.45) is 0 Å². The molecule has 2 fully saturated rings. The number of aromatic nitrogens is 3. The van der Waals surface area contributed by atoms with Crippen LogP contribution >= 0.6 is 0 Å². The van der Waals surface area contributed by atoms with Crippen LogP contribution in [-0.2, 0) is 6.54 Å². The fourth-order valence-corrected chi connectivity index (χ4v) is 3.51. The number of oxazole rings is 1. The number of hydrogen-bond acceptors (Lipinski definition) is 6. The predicted octanol–water partition coefficient (Wildman–Crippen LogP) is 2.41. The third-order valence-electron chi connectivity index (χ3n) is 4.94. The quantitative estimate of drug-likeness (QED) is 0.845. The monoisotopic (exact) mass is 313 g/mol. The van der Waals surface area contributed by atoms with E-state index >= 15 is 0 Å². The van der Waals surface area contributed by atoms with Crippen molar-refractivity contribution in [1.29, 1.82) is 0 Å². The van der Waals surface area contributed by atoms with E-state index in [1.807, 2.05) is 19.2 Å². The van der Waals surface area contributed by atoms with Gasteiger partial charge in [-0.2, -0.15) is 0 Å². The van der Waals surface area contributed by atoms with E-state index < -0.39 is 0 Å². The topological polar surface area (TPSA) is 58.3 Å². The van der Waals surface area contributed by atoms with Crippen molar-refractivity contribution < 1.29 is 4.42 Å². The first kappa shape index (κ1) is 14.6. The standard InChI is InChI=1S/C17H23N5O/c1-13-16(20-12-23-13)10-21-8-5-15(6-9-21)22(14-2-3-14)17-4-7-18-11-19-17/h4,7,11-12,14-15H,2-3,5-6,8-10H2,1H3. The molecule has 1 aliphatic heterocycles. The molecule has 4 rings (SSSR count). The van der Waals surface area contributed by atoms with Gasteiger partial charge in [-0.25, -0.2) is 15.0 Å². The maximum Gasteiger partial charge on any atom is 0.181 e. The summed E-state index contributed by atoms with van der Waals surface area (Å²) < 4.78 is 5.30. The van der Waals surface area contributed by atoms with Crippen LogP contribution in [0.25, 0.3) is 0 Å². The van der Waals surface area contributed by atoms with E-state index in [9.17, 15) is 0 Å². The zero-order valence-corrected chi connectivity index (χ0v) is 13.6. The molecule has 23 heavy (non-hydrogen) atoms. The van der Waals surface area contributed by atoms with Crippen LogP contribution in [0.4, 0.5) is 5.82 Å². The van der Waals surface area contributed by atoms with Crippen LogP contribution in [0.1, 0.15) is 37.1 Å². The fraction of sp³-hybridized carbons (Fsp3) is 0.588. The highest BCUT2D eigenvalue weighted by Gasteiger charge is 2.36. The summed E-state index contributed by atoms with van der Waals surface area (Å²) in [6, 6.07) is 3.31. The molecule has 0 aromatic carbocycles. The molecule has 2 aliphatic rings. The second kappa shape index (κ2) is 6.28. The lowest BCUT2D eigenvalue weighted by molar-refractivity contribution is 0.198. The first-order chi connectivity index (χ1) is 11.3. The van der Waals surface area contributed by atoms with Crippen molar-refractivity contribution in [3.8, 4) is 0 Å². The Hall–Kier alpha value is -1.95. The van der Waals surface area contributed by atoms with Crippen LogP contribution in [0.2, 0.25) is 0 Å². The maximum absolute atomic E-state index is 5.30. The fourth-order valence-electron chi connectivity index (χ4n) is 3.51. The molecule has 0 amide bonds. The van der Waals surface area contributed by atoms with Gasteiger partial charge in [-0.15, -0.1) is 0 Å². The molecule has 3 heterocycles. The smallest absolute Gasteiger partial charge is 0.181 e. The molecule has 0 radical (unpaired) electrons. The van der Waals surface area contributed by atoms with Gasteiger partial charge in [0.25, 0.3) is 0 Å². The van der Waals surface area contributed by atoms with Gasteiger partial charge < -0.3 is 9.32 Å². The van der Waals surface area contributed by atoms with Crippen LogP contribution < -0.4 is 4.90 Å². The lowest BCUT2D eigenvalue weighted by Crippen LogP contribution is -2.46. The van der Waals surface area contributed by atoms with Crippen molar-refractivity contribution in [2.45, 2.75) is 51.2 Å². The Balaban J connectivity index is 1.39. The summed E-state index contributed by atoms with van der Waals surface area (Å²) >= 11 is 0. The SMILES string of the molecule is Cc1ocnc1CN1CCC(N(c2ccncn2)C2CC2)CC1. The zero-order valence-electron chi connectivity index (χ0n) is 13.6. The molecular formula is C17H23N5O. The van der Waals surface area contributed by atoms with E-state index in [1.165, 1.54) is 25.7 Å². The highest BCUT2D eigenvalue weighted by atomic mass is 16.3. The first-order valence-electron chi connectivity index (χ1n) is 8.47. The molecular weight excluding hydrogens is 290 g/mol. The summed E-state index contributed by atoms with van der Waals surface area (Å²) in [5.41, 5.74) is 1.07. The van der Waals surface area contributed by atoms with Crippen LogP contribution in [0.5, 0.6) is 0 Å². The number of aryl methyl sites for hydroxylation is 1. The molecule has 2 aromatic rings. The highest BCUT2D eigenvalue weighted by molar-refractivity contribution is 5.41. The van der Waals surface area contributed by atoms with E-state index in [2.05, 4.69) is 24.8 Å². The van der Waals surface area contributed by atoms with Crippen molar-refractivity contribution in [1.82, 2.24) is 19.9 Å². The van der Waals surface area contributed by atoms with Gasteiger partial charge in [0.1, 0.15) is 17.9 Å². The minimum Gasteiger partial charge on any atom is -0.448 e. The number of anilines is 1. The second-order valence-electron chi connectivity index (χ2n) is 6.57. The average Bonchev–Trinajstić information content (AvgIpc) is 3.34. The number of piperidine rings is 1. The van der Waals surface area contributed by atoms with E-state index in [-0.39, 0.29) is 0 Å². The second-order valence-corrected chi connectivity index (χ2v) is 6.57. The summed E-state index contributed by atoms with van der Waals surface area (Å²) in [5.74, 6) is 2.03. The van der Waals surface area contributed by atoms with Crippen molar-refractivity contribution in [3.05, 3.63) is 36.4 Å². The molecule has 0 bridgehead atoms. The highest BCUT2D eigenvalue weighted by Crippen LogP contribution is 2.35. The Kier molecular flexibility index (Phi) is 3.99. The number of rotatable bonds is 5. The van der Waals surface area contributed by atoms with Crippen molar-refractivity contribution in [3.63, 3.8) is 0 Å². The maximum atomic E-state index is 5.30. The van der Waals surface area contributed by atoms with E-state index in [0.29, 0.717) is 12.1 Å². The predicted molar refractivity (Wildman–Crippen MR) is 87.1 cm³/mol. The number of likely N-dealkylation sites (tertiary alicyclic amines) is 1. The lowest BCUT2D eigenvalue weighted by atomic mass is 10.0. The lowest BCUT2D eigenvalue weighted by Gasteiger charge is -2.39. The van der Waals surface area contributed by atoms with E-state index in [4.69, 9.17) is 4.42 Å². The third-order valence-corrected chi connectivity index (χ3v) is 4.94. The number of nitrogens with zero attached hydrogens (tertiary/aromatic N) is 5. The zero-order chi connectivity index (χ0) is 15.6. The Labute approximate surface area is 136 Å². The van der Waals surface area contributed by atoms with Crippen LogP contribution in [-0.4, -0.2) is 45.0 Å². The van der Waals surface area contributed by atoms with E-state index in [1.54, 1.807) is 12.7 Å². The first-order valence-corrected chi connectivity index (χ1v) is 8.47.